The molecule has 0 aliphatic rings. The fourth-order valence-corrected chi connectivity index (χ4v) is 3.25. The van der Waals surface area contributed by atoms with Gasteiger partial charge in [0.05, 0.1) is 6.42 Å². The van der Waals surface area contributed by atoms with Crippen LogP contribution in [0.1, 0.15) is 110 Å². The van der Waals surface area contributed by atoms with Gasteiger partial charge in [-0.05, 0) is 12.3 Å². The highest BCUT2D eigenvalue weighted by Gasteiger charge is 2.22. The third kappa shape index (κ3) is 17.8. The standard InChI is InChI=1S/C22H41NO5/c1-18(2)15-13-11-9-7-5-3-4-6-8-10-12-14-16-20(24)23-19(22(27)28)17-21(25)26/h18-19H,3-17H2,1-2H3,(H,23,24)(H,25,26)(H,27,28). The van der Waals surface area contributed by atoms with Crippen LogP contribution in [0.4, 0.5) is 0 Å². The molecule has 1 amide bonds. The number of carbonyl (C=O) groups excluding carboxylic acids is 1. The van der Waals surface area contributed by atoms with Crippen molar-refractivity contribution < 1.29 is 24.6 Å². The molecule has 0 bridgehead atoms. The zero-order valence-electron chi connectivity index (χ0n) is 17.9. The molecule has 3 N–H and O–H groups in total. The molecule has 0 aromatic rings. The van der Waals surface area contributed by atoms with E-state index in [9.17, 15) is 14.4 Å². The summed E-state index contributed by atoms with van der Waals surface area (Å²) in [5.74, 6) is -2.11. The number of rotatable bonds is 19. The van der Waals surface area contributed by atoms with Crippen LogP contribution in [0, 0.1) is 5.92 Å². The number of carboxylic acids is 2. The first-order valence-electron chi connectivity index (χ1n) is 11.1. The van der Waals surface area contributed by atoms with Crippen LogP contribution in [-0.2, 0) is 14.4 Å². The maximum absolute atomic E-state index is 11.7. The van der Waals surface area contributed by atoms with Crippen molar-refractivity contribution in [3.05, 3.63) is 0 Å². The quantitative estimate of drug-likeness (QED) is 0.261. The highest BCUT2D eigenvalue weighted by molar-refractivity contribution is 5.86. The second-order valence-electron chi connectivity index (χ2n) is 8.23. The number of unbranched alkanes of at least 4 members (excludes halogenated alkanes) is 11. The van der Waals surface area contributed by atoms with E-state index < -0.39 is 24.4 Å². The Morgan fingerprint density at radius 3 is 1.54 bits per heavy atom. The molecule has 0 radical (unpaired) electrons. The molecule has 0 spiro atoms. The number of carboxylic acid groups (broad SMARTS) is 2. The van der Waals surface area contributed by atoms with Crippen LogP contribution in [0.5, 0.6) is 0 Å². The molecule has 0 rings (SSSR count). The second-order valence-corrected chi connectivity index (χ2v) is 8.23. The number of hydrogen-bond donors (Lipinski definition) is 3. The fourth-order valence-electron chi connectivity index (χ4n) is 3.25. The van der Waals surface area contributed by atoms with Crippen molar-refractivity contribution in [3.8, 4) is 0 Å². The van der Waals surface area contributed by atoms with Crippen LogP contribution in [0.25, 0.3) is 0 Å². The van der Waals surface area contributed by atoms with Gasteiger partial charge in [-0.1, -0.05) is 90.9 Å². The van der Waals surface area contributed by atoms with Crippen molar-refractivity contribution in [1.82, 2.24) is 5.32 Å². The average molecular weight is 400 g/mol. The zero-order valence-corrected chi connectivity index (χ0v) is 17.9. The van der Waals surface area contributed by atoms with Crippen molar-refractivity contribution in [2.45, 2.75) is 116 Å². The van der Waals surface area contributed by atoms with E-state index in [1.165, 1.54) is 64.2 Å². The van der Waals surface area contributed by atoms with E-state index in [1.807, 2.05) is 0 Å². The largest absolute Gasteiger partial charge is 0.481 e. The molecule has 1 unspecified atom stereocenters. The summed E-state index contributed by atoms with van der Waals surface area (Å²) >= 11 is 0. The van der Waals surface area contributed by atoms with Gasteiger partial charge in [-0.15, -0.1) is 0 Å². The van der Waals surface area contributed by atoms with Crippen molar-refractivity contribution in [3.63, 3.8) is 0 Å². The summed E-state index contributed by atoms with van der Waals surface area (Å²) in [7, 11) is 0. The number of nitrogens with one attached hydrogen (secondary N) is 1. The first-order valence-corrected chi connectivity index (χ1v) is 11.1. The summed E-state index contributed by atoms with van der Waals surface area (Å²) in [5.41, 5.74) is 0. The lowest BCUT2D eigenvalue weighted by Crippen LogP contribution is -2.42. The van der Waals surface area contributed by atoms with E-state index in [-0.39, 0.29) is 12.3 Å². The van der Waals surface area contributed by atoms with E-state index in [1.54, 1.807) is 0 Å². The minimum absolute atomic E-state index is 0.250. The molecule has 0 fully saturated rings. The Balaban J connectivity index is 3.44. The van der Waals surface area contributed by atoms with Crippen LogP contribution >= 0.6 is 0 Å². The molecular weight excluding hydrogens is 358 g/mol. The molecule has 0 aliphatic carbocycles. The third-order valence-corrected chi connectivity index (χ3v) is 4.95. The molecule has 28 heavy (non-hydrogen) atoms. The second kappa shape index (κ2) is 17.5. The van der Waals surface area contributed by atoms with E-state index in [0.29, 0.717) is 6.42 Å². The number of amides is 1. The van der Waals surface area contributed by atoms with Gasteiger partial charge < -0.3 is 15.5 Å². The highest BCUT2D eigenvalue weighted by atomic mass is 16.4. The normalized spacial score (nSPS) is 12.1. The number of carbonyl (C=O) groups is 3. The lowest BCUT2D eigenvalue weighted by molar-refractivity contribution is -0.147. The van der Waals surface area contributed by atoms with Crippen LogP contribution in [0.2, 0.25) is 0 Å². The summed E-state index contributed by atoms with van der Waals surface area (Å²) in [6.45, 7) is 4.57. The monoisotopic (exact) mass is 399 g/mol. The molecule has 0 aromatic heterocycles. The van der Waals surface area contributed by atoms with E-state index in [2.05, 4.69) is 19.2 Å². The zero-order chi connectivity index (χ0) is 21.2. The fraction of sp³-hybridized carbons (Fsp3) is 0.864. The summed E-state index contributed by atoms with van der Waals surface area (Å²) in [6.07, 6.45) is 15.5. The Bertz CT molecular complexity index is 437. The predicted molar refractivity (Wildman–Crippen MR) is 111 cm³/mol. The van der Waals surface area contributed by atoms with Gasteiger partial charge in [0, 0.05) is 6.42 Å². The van der Waals surface area contributed by atoms with Crippen LogP contribution in [-0.4, -0.2) is 34.1 Å². The third-order valence-electron chi connectivity index (χ3n) is 4.95. The van der Waals surface area contributed by atoms with Gasteiger partial charge in [0.1, 0.15) is 6.04 Å². The molecule has 0 aromatic carbocycles. The maximum Gasteiger partial charge on any atom is 0.326 e. The number of hydrogen-bond acceptors (Lipinski definition) is 3. The molecule has 0 aliphatic heterocycles. The smallest absolute Gasteiger partial charge is 0.326 e. The van der Waals surface area contributed by atoms with Crippen molar-refractivity contribution in [2.75, 3.05) is 0 Å². The summed E-state index contributed by atoms with van der Waals surface area (Å²) in [4.78, 5) is 33.2. The Morgan fingerprint density at radius 1 is 0.714 bits per heavy atom. The SMILES string of the molecule is CC(C)CCCCCCCCCCCCCCC(=O)NC(CC(=O)O)C(=O)O. The molecule has 1 atom stereocenters. The van der Waals surface area contributed by atoms with Crippen molar-refractivity contribution in [1.29, 1.82) is 0 Å². The summed E-state index contributed by atoms with van der Waals surface area (Å²) < 4.78 is 0. The molecule has 6 nitrogen and oxygen atoms in total. The average Bonchev–Trinajstić information content (AvgIpc) is 2.60. The van der Waals surface area contributed by atoms with Gasteiger partial charge in [-0.3, -0.25) is 9.59 Å². The van der Waals surface area contributed by atoms with E-state index in [4.69, 9.17) is 10.2 Å². The Labute approximate surface area is 170 Å². The minimum Gasteiger partial charge on any atom is -0.481 e. The summed E-state index contributed by atoms with van der Waals surface area (Å²) in [5, 5.41) is 19.8. The predicted octanol–water partition coefficient (Wildman–Crippen LogP) is 5.15. The molecule has 0 heterocycles. The first kappa shape index (κ1) is 26.4. The van der Waals surface area contributed by atoms with Crippen LogP contribution < -0.4 is 5.32 Å². The van der Waals surface area contributed by atoms with E-state index >= 15 is 0 Å². The Hall–Kier alpha value is -1.59. The van der Waals surface area contributed by atoms with Crippen molar-refractivity contribution in [2.24, 2.45) is 5.92 Å². The van der Waals surface area contributed by atoms with Gasteiger partial charge in [0.25, 0.3) is 0 Å². The first-order chi connectivity index (χ1) is 13.3. The van der Waals surface area contributed by atoms with Gasteiger partial charge in [-0.25, -0.2) is 4.79 Å². The molecular formula is C22H41NO5. The molecule has 0 saturated heterocycles. The Morgan fingerprint density at radius 2 is 1.14 bits per heavy atom. The Kier molecular flexibility index (Phi) is 16.5. The maximum atomic E-state index is 11.7. The minimum atomic E-state index is -1.35. The van der Waals surface area contributed by atoms with Crippen LogP contribution in [0.15, 0.2) is 0 Å². The highest BCUT2D eigenvalue weighted by Crippen LogP contribution is 2.14. The lowest BCUT2D eigenvalue weighted by atomic mass is 10.0. The van der Waals surface area contributed by atoms with Crippen LogP contribution in [0.3, 0.4) is 0 Å². The topological polar surface area (TPSA) is 104 Å². The van der Waals surface area contributed by atoms with E-state index in [0.717, 1.165) is 18.8 Å². The number of aliphatic carboxylic acids is 2. The lowest BCUT2D eigenvalue weighted by Gasteiger charge is -2.12. The van der Waals surface area contributed by atoms with Crippen molar-refractivity contribution >= 4 is 17.8 Å². The van der Waals surface area contributed by atoms with Gasteiger partial charge >= 0.3 is 11.9 Å². The van der Waals surface area contributed by atoms with Gasteiger partial charge in [0.2, 0.25) is 5.91 Å². The van der Waals surface area contributed by atoms with Gasteiger partial charge in [-0.2, -0.15) is 0 Å². The van der Waals surface area contributed by atoms with Gasteiger partial charge in [0.15, 0.2) is 0 Å². The molecule has 6 heteroatoms. The molecule has 0 saturated carbocycles. The molecule has 164 valence electrons. The summed E-state index contributed by atoms with van der Waals surface area (Å²) in [6, 6.07) is -1.35.